The highest BCUT2D eigenvalue weighted by molar-refractivity contribution is 4.87. The monoisotopic (exact) mass is 240 g/mol. The Kier molecular flexibility index (Phi) is 5.26. The Morgan fingerprint density at radius 3 is 2.29 bits per heavy atom. The number of hydrogen-bond donors (Lipinski definition) is 1. The van der Waals surface area contributed by atoms with Gasteiger partial charge in [-0.3, -0.25) is 0 Å². The standard InChI is InChI=1S/C14H28N2O/c1-15-12-14(6-10-17-11-7-14)13-16-8-4-2-3-5-9-16/h15H,2-13H2,1H3. The first-order valence-electron chi connectivity index (χ1n) is 7.29. The van der Waals surface area contributed by atoms with Crippen LogP contribution in [0.4, 0.5) is 0 Å². The van der Waals surface area contributed by atoms with Crippen molar-refractivity contribution in [2.75, 3.05) is 46.4 Å². The summed E-state index contributed by atoms with van der Waals surface area (Å²) in [6, 6.07) is 0. The van der Waals surface area contributed by atoms with Crippen molar-refractivity contribution in [1.82, 2.24) is 10.2 Å². The van der Waals surface area contributed by atoms with E-state index in [-0.39, 0.29) is 0 Å². The summed E-state index contributed by atoms with van der Waals surface area (Å²) < 4.78 is 5.54. The van der Waals surface area contributed by atoms with Crippen LogP contribution in [0.3, 0.4) is 0 Å². The first-order chi connectivity index (χ1) is 8.35. The van der Waals surface area contributed by atoms with Gasteiger partial charge in [-0.15, -0.1) is 0 Å². The molecular weight excluding hydrogens is 212 g/mol. The average molecular weight is 240 g/mol. The molecular formula is C14H28N2O. The Labute approximate surface area is 106 Å². The van der Waals surface area contributed by atoms with Crippen LogP contribution < -0.4 is 5.32 Å². The van der Waals surface area contributed by atoms with Crippen LogP contribution in [0, 0.1) is 5.41 Å². The van der Waals surface area contributed by atoms with Gasteiger partial charge >= 0.3 is 0 Å². The molecule has 3 nitrogen and oxygen atoms in total. The van der Waals surface area contributed by atoms with E-state index in [1.54, 1.807) is 0 Å². The Bertz CT molecular complexity index is 201. The van der Waals surface area contributed by atoms with E-state index in [9.17, 15) is 0 Å². The number of ether oxygens (including phenoxy) is 1. The summed E-state index contributed by atoms with van der Waals surface area (Å²) in [7, 11) is 2.08. The summed E-state index contributed by atoms with van der Waals surface area (Å²) in [5.74, 6) is 0. The highest BCUT2D eigenvalue weighted by Crippen LogP contribution is 2.31. The molecule has 17 heavy (non-hydrogen) atoms. The van der Waals surface area contributed by atoms with Crippen LogP contribution in [0.5, 0.6) is 0 Å². The second-order valence-corrected chi connectivity index (χ2v) is 5.83. The molecule has 0 aliphatic carbocycles. The lowest BCUT2D eigenvalue weighted by Gasteiger charge is -2.41. The van der Waals surface area contributed by atoms with Gasteiger partial charge in [0.15, 0.2) is 0 Å². The minimum atomic E-state index is 0.470. The van der Waals surface area contributed by atoms with E-state index in [0.717, 1.165) is 19.8 Å². The van der Waals surface area contributed by atoms with E-state index in [0.29, 0.717) is 5.41 Å². The van der Waals surface area contributed by atoms with Crippen molar-refractivity contribution < 1.29 is 4.74 Å². The molecule has 0 aromatic carbocycles. The summed E-state index contributed by atoms with van der Waals surface area (Å²) in [5.41, 5.74) is 0.470. The van der Waals surface area contributed by atoms with E-state index < -0.39 is 0 Å². The molecule has 2 heterocycles. The third kappa shape index (κ3) is 3.94. The Balaban J connectivity index is 1.90. The average Bonchev–Trinajstić information content (AvgIpc) is 2.59. The molecule has 2 aliphatic rings. The van der Waals surface area contributed by atoms with Gasteiger partial charge in [-0.05, 0) is 51.2 Å². The fourth-order valence-corrected chi connectivity index (χ4v) is 3.34. The van der Waals surface area contributed by atoms with Gasteiger partial charge in [0.25, 0.3) is 0 Å². The van der Waals surface area contributed by atoms with Crippen molar-refractivity contribution in [3.05, 3.63) is 0 Å². The molecule has 1 N–H and O–H groups in total. The van der Waals surface area contributed by atoms with E-state index >= 15 is 0 Å². The van der Waals surface area contributed by atoms with Crippen molar-refractivity contribution >= 4 is 0 Å². The van der Waals surface area contributed by atoms with Gasteiger partial charge in [0.1, 0.15) is 0 Å². The lowest BCUT2D eigenvalue weighted by Crippen LogP contribution is -2.47. The second kappa shape index (κ2) is 6.72. The second-order valence-electron chi connectivity index (χ2n) is 5.83. The molecule has 0 spiro atoms. The van der Waals surface area contributed by atoms with Crippen LogP contribution in [0.25, 0.3) is 0 Å². The Morgan fingerprint density at radius 1 is 1.06 bits per heavy atom. The molecule has 2 saturated heterocycles. The maximum absolute atomic E-state index is 5.54. The molecule has 100 valence electrons. The lowest BCUT2D eigenvalue weighted by molar-refractivity contribution is -0.00302. The fraction of sp³-hybridized carbons (Fsp3) is 1.00. The number of likely N-dealkylation sites (tertiary alicyclic amines) is 1. The molecule has 0 unspecified atom stereocenters. The predicted molar refractivity (Wildman–Crippen MR) is 71.3 cm³/mol. The fourth-order valence-electron chi connectivity index (χ4n) is 3.34. The van der Waals surface area contributed by atoms with E-state index in [1.165, 1.54) is 58.2 Å². The molecule has 3 heteroatoms. The highest BCUT2D eigenvalue weighted by Gasteiger charge is 2.33. The Morgan fingerprint density at radius 2 is 1.71 bits per heavy atom. The van der Waals surface area contributed by atoms with Crippen LogP contribution >= 0.6 is 0 Å². The molecule has 0 aromatic rings. The quantitative estimate of drug-likeness (QED) is 0.812. The van der Waals surface area contributed by atoms with Crippen molar-refractivity contribution in [2.24, 2.45) is 5.41 Å². The molecule has 0 aromatic heterocycles. The minimum Gasteiger partial charge on any atom is -0.381 e. The van der Waals surface area contributed by atoms with E-state index in [2.05, 4.69) is 17.3 Å². The zero-order valence-electron chi connectivity index (χ0n) is 11.3. The van der Waals surface area contributed by atoms with Crippen LogP contribution in [-0.2, 0) is 4.74 Å². The number of nitrogens with one attached hydrogen (secondary N) is 1. The normalized spacial score (nSPS) is 26.6. The minimum absolute atomic E-state index is 0.470. The van der Waals surface area contributed by atoms with E-state index in [4.69, 9.17) is 4.74 Å². The van der Waals surface area contributed by atoms with Crippen LogP contribution in [-0.4, -0.2) is 51.3 Å². The maximum Gasteiger partial charge on any atom is 0.0472 e. The summed E-state index contributed by atoms with van der Waals surface area (Å²) >= 11 is 0. The molecule has 2 rings (SSSR count). The lowest BCUT2D eigenvalue weighted by atomic mass is 9.79. The van der Waals surface area contributed by atoms with Gasteiger partial charge in [0.2, 0.25) is 0 Å². The van der Waals surface area contributed by atoms with Crippen LogP contribution in [0.1, 0.15) is 38.5 Å². The SMILES string of the molecule is CNCC1(CN2CCCCCC2)CCOCC1. The molecule has 0 atom stereocenters. The van der Waals surface area contributed by atoms with Gasteiger partial charge in [-0.25, -0.2) is 0 Å². The third-order valence-electron chi connectivity index (χ3n) is 4.36. The van der Waals surface area contributed by atoms with Gasteiger partial charge in [0, 0.05) is 26.3 Å². The van der Waals surface area contributed by atoms with E-state index in [1.807, 2.05) is 0 Å². The molecule has 0 bridgehead atoms. The summed E-state index contributed by atoms with van der Waals surface area (Å²) in [6.07, 6.45) is 8.10. The number of nitrogens with zero attached hydrogens (tertiary/aromatic N) is 1. The summed E-state index contributed by atoms with van der Waals surface area (Å²) in [5, 5.41) is 3.40. The first kappa shape index (κ1) is 13.3. The number of rotatable bonds is 4. The highest BCUT2D eigenvalue weighted by atomic mass is 16.5. The summed E-state index contributed by atoms with van der Waals surface area (Å²) in [4.78, 5) is 2.70. The predicted octanol–water partition coefficient (Wildman–Crippen LogP) is 1.88. The maximum atomic E-state index is 5.54. The zero-order valence-corrected chi connectivity index (χ0v) is 11.3. The number of hydrogen-bond acceptors (Lipinski definition) is 3. The first-order valence-corrected chi connectivity index (χ1v) is 7.29. The van der Waals surface area contributed by atoms with Crippen molar-refractivity contribution in [2.45, 2.75) is 38.5 Å². The van der Waals surface area contributed by atoms with Gasteiger partial charge in [-0.1, -0.05) is 12.8 Å². The Hall–Kier alpha value is -0.120. The van der Waals surface area contributed by atoms with Crippen molar-refractivity contribution in [3.8, 4) is 0 Å². The van der Waals surface area contributed by atoms with Gasteiger partial charge < -0.3 is 15.0 Å². The molecule has 2 aliphatic heterocycles. The van der Waals surface area contributed by atoms with Gasteiger partial charge in [0.05, 0.1) is 0 Å². The van der Waals surface area contributed by atoms with Crippen molar-refractivity contribution in [3.63, 3.8) is 0 Å². The van der Waals surface area contributed by atoms with Gasteiger partial charge in [-0.2, -0.15) is 0 Å². The third-order valence-corrected chi connectivity index (χ3v) is 4.36. The summed E-state index contributed by atoms with van der Waals surface area (Å²) in [6.45, 7) is 6.95. The zero-order chi connectivity index (χ0) is 12.0. The molecule has 0 radical (unpaired) electrons. The molecule has 2 fully saturated rings. The van der Waals surface area contributed by atoms with Crippen molar-refractivity contribution in [1.29, 1.82) is 0 Å². The van der Waals surface area contributed by atoms with Crippen LogP contribution in [0.15, 0.2) is 0 Å². The molecule has 0 amide bonds. The largest absolute Gasteiger partial charge is 0.381 e. The topological polar surface area (TPSA) is 24.5 Å². The molecule has 0 saturated carbocycles. The van der Waals surface area contributed by atoms with Crippen LogP contribution in [0.2, 0.25) is 0 Å². The smallest absolute Gasteiger partial charge is 0.0472 e.